The molecule has 0 saturated carbocycles. The Bertz CT molecular complexity index is 677. The largest absolute Gasteiger partial charge is 0.336 e. The van der Waals surface area contributed by atoms with Crippen LogP contribution in [0.5, 0.6) is 0 Å². The second-order valence-corrected chi connectivity index (χ2v) is 7.55. The summed E-state index contributed by atoms with van der Waals surface area (Å²) >= 11 is 1.40. The molecule has 1 saturated heterocycles. The van der Waals surface area contributed by atoms with Crippen LogP contribution in [0.4, 0.5) is 0 Å². The highest BCUT2D eigenvalue weighted by Crippen LogP contribution is 2.17. The fourth-order valence-electron chi connectivity index (χ4n) is 2.06. The van der Waals surface area contributed by atoms with Crippen molar-refractivity contribution >= 4 is 27.3 Å². The maximum Gasteiger partial charge on any atom is 0.254 e. The maximum absolute atomic E-state index is 12.3. The summed E-state index contributed by atoms with van der Waals surface area (Å²) in [5.41, 5.74) is 5.90. The van der Waals surface area contributed by atoms with Crippen molar-refractivity contribution in [2.24, 2.45) is 5.73 Å². The number of nitrogens with two attached hydrogens (primary N) is 1. The molecular formula is C13H17N3O3S2. The summed E-state index contributed by atoms with van der Waals surface area (Å²) in [7, 11) is -3.18. The quantitative estimate of drug-likeness (QED) is 0.761. The van der Waals surface area contributed by atoms with Gasteiger partial charge in [-0.25, -0.2) is 8.42 Å². The van der Waals surface area contributed by atoms with Crippen molar-refractivity contribution in [1.82, 2.24) is 9.21 Å². The average Bonchev–Trinajstić information content (AvgIpc) is 2.92. The number of rotatable bonds is 2. The van der Waals surface area contributed by atoms with Crippen LogP contribution >= 0.6 is 11.3 Å². The molecule has 2 rings (SSSR count). The molecule has 114 valence electrons. The Kier molecular flexibility index (Phi) is 5.00. The number of nitrogens with zero attached hydrogens (tertiary/aromatic N) is 2. The number of hydrogen-bond acceptors (Lipinski definition) is 5. The van der Waals surface area contributed by atoms with Crippen molar-refractivity contribution in [3.8, 4) is 11.8 Å². The molecule has 1 aliphatic rings. The summed E-state index contributed by atoms with van der Waals surface area (Å²) in [6.45, 7) is 1.79. The van der Waals surface area contributed by atoms with E-state index in [0.29, 0.717) is 31.7 Å². The third-order valence-electron chi connectivity index (χ3n) is 3.15. The standard InChI is InChI=1S/C13H17N3O3S2/c1-21(18,19)16-7-5-15(6-8-16)13(17)11-9-12(20-10-11)3-2-4-14/h9-10H,4-8,14H2,1H3. The lowest BCUT2D eigenvalue weighted by molar-refractivity contribution is 0.0699. The van der Waals surface area contributed by atoms with Crippen molar-refractivity contribution < 1.29 is 13.2 Å². The molecule has 1 fully saturated rings. The molecule has 2 N–H and O–H groups in total. The predicted octanol–water partition coefficient (Wildman–Crippen LogP) is -0.224. The molecule has 0 aromatic carbocycles. The molecule has 0 radical (unpaired) electrons. The third kappa shape index (κ3) is 4.04. The summed E-state index contributed by atoms with van der Waals surface area (Å²) in [6.07, 6.45) is 1.19. The second-order valence-electron chi connectivity index (χ2n) is 4.66. The number of hydrogen-bond donors (Lipinski definition) is 1. The van der Waals surface area contributed by atoms with Gasteiger partial charge in [-0.15, -0.1) is 11.3 Å². The van der Waals surface area contributed by atoms with Gasteiger partial charge in [0, 0.05) is 31.6 Å². The first kappa shape index (κ1) is 16.0. The molecule has 0 spiro atoms. The molecule has 0 bridgehead atoms. The van der Waals surface area contributed by atoms with E-state index >= 15 is 0 Å². The number of carbonyl (C=O) groups is 1. The normalized spacial score (nSPS) is 16.4. The van der Waals surface area contributed by atoms with Gasteiger partial charge in [0.25, 0.3) is 5.91 Å². The Balaban J connectivity index is 2.00. The average molecular weight is 327 g/mol. The molecule has 2 heterocycles. The van der Waals surface area contributed by atoms with Gasteiger partial charge in [0.1, 0.15) is 0 Å². The van der Waals surface area contributed by atoms with Crippen LogP contribution in [0.1, 0.15) is 15.2 Å². The molecule has 1 aromatic rings. The molecule has 1 aromatic heterocycles. The highest BCUT2D eigenvalue weighted by Gasteiger charge is 2.26. The number of sulfonamides is 1. The van der Waals surface area contributed by atoms with E-state index in [-0.39, 0.29) is 12.5 Å². The first-order valence-electron chi connectivity index (χ1n) is 6.43. The zero-order valence-electron chi connectivity index (χ0n) is 11.7. The molecule has 0 aliphatic carbocycles. The highest BCUT2D eigenvalue weighted by atomic mass is 32.2. The topological polar surface area (TPSA) is 83.7 Å². The SMILES string of the molecule is CS(=O)(=O)N1CCN(C(=O)c2csc(C#CCN)c2)CC1. The van der Waals surface area contributed by atoms with Crippen molar-refractivity contribution in [1.29, 1.82) is 0 Å². The molecule has 8 heteroatoms. The Morgan fingerprint density at radius 1 is 1.38 bits per heavy atom. The van der Waals surface area contributed by atoms with Crippen LogP contribution in [0.25, 0.3) is 0 Å². The van der Waals surface area contributed by atoms with E-state index in [1.54, 1.807) is 16.3 Å². The first-order chi connectivity index (χ1) is 9.91. The lowest BCUT2D eigenvalue weighted by Gasteiger charge is -2.33. The van der Waals surface area contributed by atoms with Gasteiger partial charge < -0.3 is 10.6 Å². The molecule has 1 aliphatic heterocycles. The van der Waals surface area contributed by atoms with Gasteiger partial charge in [-0.05, 0) is 6.07 Å². The van der Waals surface area contributed by atoms with Crippen LogP contribution < -0.4 is 5.73 Å². The molecule has 0 atom stereocenters. The van der Waals surface area contributed by atoms with Crippen molar-refractivity contribution in [3.05, 3.63) is 21.9 Å². The Morgan fingerprint density at radius 2 is 2.05 bits per heavy atom. The van der Waals surface area contributed by atoms with Gasteiger partial charge in [-0.3, -0.25) is 4.79 Å². The van der Waals surface area contributed by atoms with Gasteiger partial charge >= 0.3 is 0 Å². The third-order valence-corrected chi connectivity index (χ3v) is 5.30. The fraction of sp³-hybridized carbons (Fsp3) is 0.462. The van der Waals surface area contributed by atoms with E-state index in [2.05, 4.69) is 11.8 Å². The van der Waals surface area contributed by atoms with Crippen LogP contribution in [0, 0.1) is 11.8 Å². The van der Waals surface area contributed by atoms with E-state index in [0.717, 1.165) is 4.88 Å². The molecule has 6 nitrogen and oxygen atoms in total. The van der Waals surface area contributed by atoms with Gasteiger partial charge in [0.15, 0.2) is 0 Å². The summed E-state index contributed by atoms with van der Waals surface area (Å²) in [4.78, 5) is 14.8. The van der Waals surface area contributed by atoms with Crippen LogP contribution in [-0.4, -0.2) is 62.5 Å². The monoisotopic (exact) mass is 327 g/mol. The molecule has 21 heavy (non-hydrogen) atoms. The lowest BCUT2D eigenvalue weighted by atomic mass is 10.2. The zero-order valence-corrected chi connectivity index (χ0v) is 13.3. The van der Waals surface area contributed by atoms with Gasteiger partial charge in [-0.2, -0.15) is 4.31 Å². The Labute approximate surface area is 128 Å². The predicted molar refractivity (Wildman–Crippen MR) is 82.6 cm³/mol. The van der Waals surface area contributed by atoms with Crippen LogP contribution in [-0.2, 0) is 10.0 Å². The number of carbonyl (C=O) groups excluding carboxylic acids is 1. The van der Waals surface area contributed by atoms with Crippen LogP contribution in [0.15, 0.2) is 11.4 Å². The molecular weight excluding hydrogens is 310 g/mol. The Morgan fingerprint density at radius 3 is 2.62 bits per heavy atom. The lowest BCUT2D eigenvalue weighted by Crippen LogP contribution is -2.50. The second kappa shape index (κ2) is 6.58. The number of piperazine rings is 1. The first-order valence-corrected chi connectivity index (χ1v) is 9.16. The summed E-state index contributed by atoms with van der Waals surface area (Å²) < 4.78 is 24.3. The fourth-order valence-corrected chi connectivity index (χ4v) is 3.63. The van der Waals surface area contributed by atoms with Gasteiger partial charge in [0.2, 0.25) is 10.0 Å². The van der Waals surface area contributed by atoms with E-state index in [4.69, 9.17) is 5.73 Å². The van der Waals surface area contributed by atoms with E-state index < -0.39 is 10.0 Å². The summed E-state index contributed by atoms with van der Waals surface area (Å²) in [5.74, 6) is 5.56. The zero-order chi connectivity index (χ0) is 15.5. The molecule has 1 amide bonds. The van der Waals surface area contributed by atoms with Crippen LogP contribution in [0.2, 0.25) is 0 Å². The molecule has 0 unspecified atom stereocenters. The number of thiophene rings is 1. The van der Waals surface area contributed by atoms with Gasteiger partial charge in [0.05, 0.1) is 23.2 Å². The Hall–Kier alpha value is -1.40. The van der Waals surface area contributed by atoms with E-state index in [1.165, 1.54) is 21.9 Å². The highest BCUT2D eigenvalue weighted by molar-refractivity contribution is 7.88. The minimum atomic E-state index is -3.18. The van der Waals surface area contributed by atoms with Crippen molar-refractivity contribution in [3.63, 3.8) is 0 Å². The maximum atomic E-state index is 12.3. The summed E-state index contributed by atoms with van der Waals surface area (Å²) in [6, 6.07) is 1.75. The number of amides is 1. The minimum absolute atomic E-state index is 0.0831. The van der Waals surface area contributed by atoms with Crippen LogP contribution in [0.3, 0.4) is 0 Å². The smallest absolute Gasteiger partial charge is 0.254 e. The van der Waals surface area contributed by atoms with E-state index in [9.17, 15) is 13.2 Å². The summed E-state index contributed by atoms with van der Waals surface area (Å²) in [5, 5.41) is 1.77. The minimum Gasteiger partial charge on any atom is -0.336 e. The van der Waals surface area contributed by atoms with Crippen molar-refractivity contribution in [2.75, 3.05) is 39.0 Å². The van der Waals surface area contributed by atoms with Crippen molar-refractivity contribution in [2.45, 2.75) is 0 Å². The van der Waals surface area contributed by atoms with Gasteiger partial charge in [-0.1, -0.05) is 11.8 Å². The van der Waals surface area contributed by atoms with E-state index in [1.807, 2.05) is 0 Å².